The van der Waals surface area contributed by atoms with Crippen LogP contribution in [0.1, 0.15) is 24.1 Å². The molecule has 1 unspecified atom stereocenters. The highest BCUT2D eigenvalue weighted by molar-refractivity contribution is 5.57. The van der Waals surface area contributed by atoms with E-state index in [-0.39, 0.29) is 6.04 Å². The third kappa shape index (κ3) is 3.68. The lowest BCUT2D eigenvalue weighted by atomic mass is 10.1. The van der Waals surface area contributed by atoms with Gasteiger partial charge in [0, 0.05) is 6.04 Å². The molecule has 2 rings (SSSR count). The fourth-order valence-electron chi connectivity index (χ4n) is 2.04. The minimum Gasteiger partial charge on any atom is -0.495 e. The molecule has 112 valence electrons. The smallest absolute Gasteiger partial charge is 0.416 e. The van der Waals surface area contributed by atoms with Crippen molar-refractivity contribution in [3.05, 3.63) is 59.7 Å². The molecule has 0 radical (unpaired) electrons. The Morgan fingerprint density at radius 2 is 1.62 bits per heavy atom. The van der Waals surface area contributed by atoms with Crippen LogP contribution in [-0.4, -0.2) is 7.11 Å². The quantitative estimate of drug-likeness (QED) is 0.867. The predicted octanol–water partition coefficient (Wildman–Crippen LogP) is 4.89. The summed E-state index contributed by atoms with van der Waals surface area (Å²) < 4.78 is 42.8. The van der Waals surface area contributed by atoms with Crippen molar-refractivity contribution in [3.8, 4) is 5.75 Å². The number of nitrogens with one attached hydrogen (secondary N) is 1. The summed E-state index contributed by atoms with van der Waals surface area (Å²) in [6, 6.07) is 12.4. The average Bonchev–Trinajstić information content (AvgIpc) is 2.47. The summed E-state index contributed by atoms with van der Waals surface area (Å²) in [4.78, 5) is 0. The van der Waals surface area contributed by atoms with Crippen molar-refractivity contribution in [3.63, 3.8) is 0 Å². The summed E-state index contributed by atoms with van der Waals surface area (Å²) in [5.74, 6) is 0.691. The van der Waals surface area contributed by atoms with Gasteiger partial charge in [-0.15, -0.1) is 0 Å². The summed E-state index contributed by atoms with van der Waals surface area (Å²) in [5.41, 5.74) is 0.928. The molecule has 0 aliphatic heterocycles. The van der Waals surface area contributed by atoms with Crippen molar-refractivity contribution in [2.24, 2.45) is 0 Å². The van der Waals surface area contributed by atoms with Gasteiger partial charge in [0.25, 0.3) is 0 Å². The zero-order valence-corrected chi connectivity index (χ0v) is 11.7. The molecule has 0 aromatic heterocycles. The minimum absolute atomic E-state index is 0.136. The number of ether oxygens (including phenoxy) is 1. The van der Waals surface area contributed by atoms with Crippen molar-refractivity contribution in [1.82, 2.24) is 0 Å². The number of hydrogen-bond donors (Lipinski definition) is 1. The van der Waals surface area contributed by atoms with Gasteiger partial charge in [-0.1, -0.05) is 24.3 Å². The summed E-state index contributed by atoms with van der Waals surface area (Å²) >= 11 is 0. The number of rotatable bonds is 4. The highest BCUT2D eigenvalue weighted by Gasteiger charge is 2.30. The molecule has 0 amide bonds. The molecule has 0 saturated carbocycles. The van der Waals surface area contributed by atoms with Gasteiger partial charge in [-0.2, -0.15) is 13.2 Å². The van der Waals surface area contributed by atoms with Gasteiger partial charge in [0.1, 0.15) is 5.75 Å². The molecule has 0 fully saturated rings. The van der Waals surface area contributed by atoms with Crippen molar-refractivity contribution in [2.45, 2.75) is 19.1 Å². The van der Waals surface area contributed by atoms with Gasteiger partial charge in [0.2, 0.25) is 0 Å². The van der Waals surface area contributed by atoms with Crippen LogP contribution in [-0.2, 0) is 6.18 Å². The number of alkyl halides is 3. The van der Waals surface area contributed by atoms with E-state index in [1.54, 1.807) is 7.11 Å². The van der Waals surface area contributed by atoms with Crippen LogP contribution in [0.5, 0.6) is 5.75 Å². The van der Waals surface area contributed by atoms with Gasteiger partial charge < -0.3 is 10.1 Å². The SMILES string of the molecule is COc1ccccc1NC(C)c1ccc(C(F)(F)F)cc1. The van der Waals surface area contributed by atoms with E-state index in [2.05, 4.69) is 5.32 Å². The van der Waals surface area contributed by atoms with Gasteiger partial charge in [0.15, 0.2) is 0 Å². The Labute approximate surface area is 121 Å². The molecule has 0 spiro atoms. The minimum atomic E-state index is -4.31. The van der Waals surface area contributed by atoms with Crippen LogP contribution in [0.3, 0.4) is 0 Å². The number of halogens is 3. The summed E-state index contributed by atoms with van der Waals surface area (Å²) in [5, 5.41) is 3.23. The summed E-state index contributed by atoms with van der Waals surface area (Å²) in [6.07, 6.45) is -4.31. The Morgan fingerprint density at radius 3 is 2.19 bits per heavy atom. The second kappa shape index (κ2) is 6.08. The Hall–Kier alpha value is -2.17. The van der Waals surface area contributed by atoms with Gasteiger partial charge in [-0.3, -0.25) is 0 Å². The Balaban J connectivity index is 2.15. The highest BCUT2D eigenvalue weighted by atomic mass is 19.4. The first-order valence-electron chi connectivity index (χ1n) is 6.48. The van der Waals surface area contributed by atoms with Crippen LogP contribution in [0.4, 0.5) is 18.9 Å². The molecule has 0 aliphatic carbocycles. The van der Waals surface area contributed by atoms with Crippen molar-refractivity contribution in [2.75, 3.05) is 12.4 Å². The largest absolute Gasteiger partial charge is 0.495 e. The molecule has 0 aliphatic rings. The number of para-hydroxylation sites is 2. The first-order chi connectivity index (χ1) is 9.91. The fourth-order valence-corrected chi connectivity index (χ4v) is 2.04. The zero-order chi connectivity index (χ0) is 15.5. The maximum Gasteiger partial charge on any atom is 0.416 e. The predicted molar refractivity (Wildman–Crippen MR) is 76.5 cm³/mol. The molecule has 0 bridgehead atoms. The van der Waals surface area contributed by atoms with Gasteiger partial charge in [0.05, 0.1) is 18.4 Å². The number of hydrogen-bond acceptors (Lipinski definition) is 2. The van der Waals surface area contributed by atoms with Crippen molar-refractivity contribution < 1.29 is 17.9 Å². The second-order valence-electron chi connectivity index (χ2n) is 4.69. The van der Waals surface area contributed by atoms with E-state index in [1.807, 2.05) is 31.2 Å². The van der Waals surface area contributed by atoms with Crippen LogP contribution in [0, 0.1) is 0 Å². The molecule has 0 heterocycles. The molecule has 2 aromatic rings. The van der Waals surface area contributed by atoms with E-state index < -0.39 is 11.7 Å². The molecule has 21 heavy (non-hydrogen) atoms. The maximum absolute atomic E-state index is 12.5. The molecule has 1 atom stereocenters. The molecule has 2 nitrogen and oxygen atoms in total. The molecule has 2 aromatic carbocycles. The molecular weight excluding hydrogens is 279 g/mol. The van der Waals surface area contributed by atoms with Gasteiger partial charge in [-0.25, -0.2) is 0 Å². The molecule has 0 saturated heterocycles. The van der Waals surface area contributed by atoms with Gasteiger partial charge in [-0.05, 0) is 36.8 Å². The lowest BCUT2D eigenvalue weighted by molar-refractivity contribution is -0.137. The Kier molecular flexibility index (Phi) is 4.40. The fraction of sp³-hybridized carbons (Fsp3) is 0.250. The molecule has 5 heteroatoms. The van der Waals surface area contributed by atoms with Crippen LogP contribution in [0.2, 0.25) is 0 Å². The third-order valence-corrected chi connectivity index (χ3v) is 3.22. The normalized spacial score (nSPS) is 12.8. The second-order valence-corrected chi connectivity index (χ2v) is 4.69. The topological polar surface area (TPSA) is 21.3 Å². The highest BCUT2D eigenvalue weighted by Crippen LogP contribution is 2.31. The van der Waals surface area contributed by atoms with Crippen LogP contribution in [0.25, 0.3) is 0 Å². The van der Waals surface area contributed by atoms with E-state index in [9.17, 15) is 13.2 Å². The lowest BCUT2D eigenvalue weighted by Crippen LogP contribution is -2.09. The first-order valence-corrected chi connectivity index (χ1v) is 6.48. The summed E-state index contributed by atoms with van der Waals surface area (Å²) in [6.45, 7) is 1.88. The van der Waals surface area contributed by atoms with Crippen LogP contribution >= 0.6 is 0 Å². The van der Waals surface area contributed by atoms with Gasteiger partial charge >= 0.3 is 6.18 Å². The van der Waals surface area contributed by atoms with Crippen LogP contribution < -0.4 is 10.1 Å². The number of anilines is 1. The molecule has 1 N–H and O–H groups in total. The Morgan fingerprint density at radius 1 is 1.00 bits per heavy atom. The number of methoxy groups -OCH3 is 1. The first kappa shape index (κ1) is 15.2. The lowest BCUT2D eigenvalue weighted by Gasteiger charge is -2.18. The Bertz CT molecular complexity index is 593. The van der Waals surface area contributed by atoms with Crippen molar-refractivity contribution in [1.29, 1.82) is 0 Å². The third-order valence-electron chi connectivity index (χ3n) is 3.22. The number of benzene rings is 2. The summed E-state index contributed by atoms with van der Waals surface area (Å²) in [7, 11) is 1.57. The van der Waals surface area contributed by atoms with E-state index >= 15 is 0 Å². The maximum atomic E-state index is 12.5. The zero-order valence-electron chi connectivity index (χ0n) is 11.7. The van der Waals surface area contributed by atoms with E-state index in [4.69, 9.17) is 4.74 Å². The van der Waals surface area contributed by atoms with E-state index in [1.165, 1.54) is 12.1 Å². The molecular formula is C16H16F3NO. The average molecular weight is 295 g/mol. The monoisotopic (exact) mass is 295 g/mol. The van der Waals surface area contributed by atoms with E-state index in [0.717, 1.165) is 23.4 Å². The van der Waals surface area contributed by atoms with E-state index in [0.29, 0.717) is 5.75 Å². The van der Waals surface area contributed by atoms with Crippen LogP contribution in [0.15, 0.2) is 48.5 Å². The van der Waals surface area contributed by atoms with Crippen molar-refractivity contribution >= 4 is 5.69 Å². The standard InChI is InChI=1S/C16H16F3NO/c1-11(20-14-5-3-4-6-15(14)21-2)12-7-9-13(10-8-12)16(17,18)19/h3-11,20H,1-2H3.